The van der Waals surface area contributed by atoms with Gasteiger partial charge in [-0.25, -0.2) is 0 Å². The number of hydrogen-bond donors (Lipinski definition) is 1. The molecule has 10 heavy (non-hydrogen) atoms. The van der Waals surface area contributed by atoms with Crippen molar-refractivity contribution in [2.75, 3.05) is 5.32 Å². The summed E-state index contributed by atoms with van der Waals surface area (Å²) >= 11 is 0. The second kappa shape index (κ2) is 1.94. The number of fused-ring (bicyclic) bond motifs is 1. The minimum Gasteiger partial charge on any atom is -0.345 e. The zero-order valence-corrected chi connectivity index (χ0v) is 5.80. The van der Waals surface area contributed by atoms with Gasteiger partial charge in [0.2, 0.25) is 0 Å². The van der Waals surface area contributed by atoms with E-state index in [0.717, 1.165) is 6.42 Å². The molecule has 1 nitrogen and oxygen atoms in total. The van der Waals surface area contributed by atoms with Crippen molar-refractivity contribution >= 4 is 5.69 Å². The lowest BCUT2D eigenvalue weighted by Gasteiger charge is -1.95. The first-order valence-electron chi connectivity index (χ1n) is 3.54. The van der Waals surface area contributed by atoms with Crippen molar-refractivity contribution in [3.63, 3.8) is 0 Å². The SMILES string of the molecule is [CH2+]C1Cc2ccccc2N1. The summed E-state index contributed by atoms with van der Waals surface area (Å²) < 4.78 is 0. The fourth-order valence-electron chi connectivity index (χ4n) is 1.38. The van der Waals surface area contributed by atoms with Gasteiger partial charge in [-0.3, -0.25) is 0 Å². The Morgan fingerprint density at radius 2 is 2.20 bits per heavy atom. The number of nitrogens with one attached hydrogen (secondary N) is 1. The molecule has 0 aromatic heterocycles. The van der Waals surface area contributed by atoms with E-state index in [2.05, 4.69) is 30.4 Å². The van der Waals surface area contributed by atoms with Crippen molar-refractivity contribution in [1.82, 2.24) is 0 Å². The van der Waals surface area contributed by atoms with E-state index in [9.17, 15) is 0 Å². The molecule has 1 atom stereocenters. The molecule has 0 saturated heterocycles. The molecule has 1 heterocycles. The Labute approximate surface area is 61.1 Å². The molecule has 1 N–H and O–H groups in total. The Morgan fingerprint density at radius 1 is 1.40 bits per heavy atom. The molecule has 1 aromatic carbocycles. The van der Waals surface area contributed by atoms with Crippen LogP contribution in [0.5, 0.6) is 0 Å². The Hall–Kier alpha value is -1.11. The number of rotatable bonds is 0. The summed E-state index contributed by atoms with van der Waals surface area (Å²) in [5.74, 6) is 0. The highest BCUT2D eigenvalue weighted by molar-refractivity contribution is 5.56. The molecule has 0 spiro atoms. The molecule has 50 valence electrons. The highest BCUT2D eigenvalue weighted by Gasteiger charge is 2.19. The Bertz CT molecular complexity index is 217. The highest BCUT2D eigenvalue weighted by atomic mass is 14.9. The minimum absolute atomic E-state index is 0.373. The molecule has 1 aliphatic heterocycles. The summed E-state index contributed by atoms with van der Waals surface area (Å²) in [5.41, 5.74) is 2.64. The minimum atomic E-state index is 0.373. The fraction of sp³-hybridized carbons (Fsp3) is 0.222. The van der Waals surface area contributed by atoms with Gasteiger partial charge in [0.1, 0.15) is 0 Å². The van der Waals surface area contributed by atoms with Crippen molar-refractivity contribution in [2.24, 2.45) is 0 Å². The van der Waals surface area contributed by atoms with E-state index in [1.54, 1.807) is 0 Å². The third-order valence-electron chi connectivity index (χ3n) is 1.84. The number of benzene rings is 1. The lowest BCUT2D eigenvalue weighted by atomic mass is 10.1. The Morgan fingerprint density at radius 3 is 3.00 bits per heavy atom. The monoisotopic (exact) mass is 132 g/mol. The van der Waals surface area contributed by atoms with Crippen LogP contribution in [0.4, 0.5) is 5.69 Å². The van der Waals surface area contributed by atoms with Gasteiger partial charge in [0, 0.05) is 12.1 Å². The molecule has 0 amide bonds. The molecule has 1 aliphatic rings. The number of hydrogen-bond acceptors (Lipinski definition) is 1. The first kappa shape index (κ1) is 5.66. The van der Waals surface area contributed by atoms with E-state index >= 15 is 0 Å². The summed E-state index contributed by atoms with van der Waals surface area (Å²) in [6.07, 6.45) is 1.07. The molecular formula is C9H10N+. The zero-order valence-electron chi connectivity index (χ0n) is 5.80. The van der Waals surface area contributed by atoms with Gasteiger partial charge in [0.05, 0.1) is 6.92 Å². The van der Waals surface area contributed by atoms with Crippen LogP contribution in [0.15, 0.2) is 24.3 Å². The van der Waals surface area contributed by atoms with Crippen LogP contribution in [0.25, 0.3) is 0 Å². The first-order valence-corrected chi connectivity index (χ1v) is 3.54. The molecule has 0 saturated carbocycles. The molecule has 1 heteroatoms. The number of anilines is 1. The van der Waals surface area contributed by atoms with Crippen molar-refractivity contribution in [3.8, 4) is 0 Å². The lowest BCUT2D eigenvalue weighted by molar-refractivity contribution is 0.921. The van der Waals surface area contributed by atoms with Crippen LogP contribution in [0.3, 0.4) is 0 Å². The second-order valence-corrected chi connectivity index (χ2v) is 2.70. The van der Waals surface area contributed by atoms with Gasteiger partial charge in [0.25, 0.3) is 0 Å². The molecular weight excluding hydrogens is 122 g/mol. The topological polar surface area (TPSA) is 12.0 Å². The van der Waals surface area contributed by atoms with Crippen molar-refractivity contribution < 1.29 is 0 Å². The molecule has 0 bridgehead atoms. The van der Waals surface area contributed by atoms with E-state index in [0.29, 0.717) is 6.04 Å². The smallest absolute Gasteiger partial charge is 0.169 e. The van der Waals surface area contributed by atoms with E-state index in [1.165, 1.54) is 11.3 Å². The predicted octanol–water partition coefficient (Wildman–Crippen LogP) is 1.86. The molecule has 2 rings (SSSR count). The molecule has 0 fully saturated rings. The van der Waals surface area contributed by atoms with Gasteiger partial charge >= 0.3 is 0 Å². The quantitative estimate of drug-likeness (QED) is 0.531. The van der Waals surface area contributed by atoms with Gasteiger partial charge in [0.15, 0.2) is 6.04 Å². The molecule has 0 radical (unpaired) electrons. The van der Waals surface area contributed by atoms with Crippen LogP contribution in [0, 0.1) is 6.92 Å². The largest absolute Gasteiger partial charge is 0.345 e. The highest BCUT2D eigenvalue weighted by Crippen LogP contribution is 2.24. The van der Waals surface area contributed by atoms with Crippen LogP contribution >= 0.6 is 0 Å². The zero-order chi connectivity index (χ0) is 6.97. The van der Waals surface area contributed by atoms with Gasteiger partial charge < -0.3 is 5.32 Å². The van der Waals surface area contributed by atoms with Crippen LogP contribution in [-0.2, 0) is 6.42 Å². The van der Waals surface area contributed by atoms with E-state index in [-0.39, 0.29) is 0 Å². The lowest BCUT2D eigenvalue weighted by Crippen LogP contribution is -2.08. The third kappa shape index (κ3) is 0.747. The van der Waals surface area contributed by atoms with Crippen LogP contribution in [0.1, 0.15) is 5.56 Å². The average molecular weight is 132 g/mol. The van der Waals surface area contributed by atoms with Crippen molar-refractivity contribution in [1.29, 1.82) is 0 Å². The summed E-state index contributed by atoms with van der Waals surface area (Å²) in [5, 5.41) is 3.29. The van der Waals surface area contributed by atoms with Crippen molar-refractivity contribution in [3.05, 3.63) is 36.8 Å². The standard InChI is InChI=1S/C9H10N/c1-7-6-8-4-2-3-5-9(8)10-7/h2-5,7,10H,1,6H2/q+1. The second-order valence-electron chi connectivity index (χ2n) is 2.70. The molecule has 0 aliphatic carbocycles. The maximum Gasteiger partial charge on any atom is 0.169 e. The average Bonchev–Trinajstić information content (AvgIpc) is 2.27. The van der Waals surface area contributed by atoms with E-state index in [4.69, 9.17) is 0 Å². The number of para-hydroxylation sites is 1. The van der Waals surface area contributed by atoms with Crippen LogP contribution < -0.4 is 5.32 Å². The summed E-state index contributed by atoms with van der Waals surface area (Å²) in [7, 11) is 0. The van der Waals surface area contributed by atoms with Gasteiger partial charge in [-0.15, -0.1) is 0 Å². The molecule has 1 aromatic rings. The van der Waals surface area contributed by atoms with Crippen LogP contribution in [-0.4, -0.2) is 6.04 Å². The van der Waals surface area contributed by atoms with Gasteiger partial charge in [-0.05, 0) is 11.6 Å². The Kier molecular flexibility index (Phi) is 1.10. The third-order valence-corrected chi connectivity index (χ3v) is 1.84. The van der Waals surface area contributed by atoms with Gasteiger partial charge in [-0.2, -0.15) is 0 Å². The maximum atomic E-state index is 3.94. The Balaban J connectivity index is 2.42. The summed E-state index contributed by atoms with van der Waals surface area (Å²) in [6.45, 7) is 3.94. The summed E-state index contributed by atoms with van der Waals surface area (Å²) in [4.78, 5) is 0. The molecule has 1 unspecified atom stereocenters. The normalized spacial score (nSPS) is 21.8. The van der Waals surface area contributed by atoms with Crippen LogP contribution in [0.2, 0.25) is 0 Å². The summed E-state index contributed by atoms with van der Waals surface area (Å²) in [6, 6.07) is 8.73. The van der Waals surface area contributed by atoms with E-state index in [1.807, 2.05) is 6.07 Å². The maximum absolute atomic E-state index is 3.94. The fourth-order valence-corrected chi connectivity index (χ4v) is 1.38. The predicted molar refractivity (Wildman–Crippen MR) is 42.9 cm³/mol. The van der Waals surface area contributed by atoms with Crippen molar-refractivity contribution in [2.45, 2.75) is 12.5 Å². The first-order chi connectivity index (χ1) is 4.86. The van der Waals surface area contributed by atoms with E-state index < -0.39 is 0 Å². The van der Waals surface area contributed by atoms with Gasteiger partial charge in [-0.1, -0.05) is 18.2 Å².